The number of carbonyl (C=O) groups is 1. The molecule has 0 aliphatic carbocycles. The quantitative estimate of drug-likeness (QED) is 0.279. The van der Waals surface area contributed by atoms with Gasteiger partial charge in [0.05, 0.1) is 0 Å². The van der Waals surface area contributed by atoms with Gasteiger partial charge in [-0.25, -0.2) is 0 Å². The Hall–Kier alpha value is -3.87. The number of thiocarbonyl (C=S) groups is 1. The van der Waals surface area contributed by atoms with E-state index < -0.39 is 0 Å². The van der Waals surface area contributed by atoms with Crippen LogP contribution in [0.3, 0.4) is 0 Å². The fourth-order valence-corrected chi connectivity index (χ4v) is 3.36. The molecule has 0 saturated heterocycles. The van der Waals surface area contributed by atoms with Crippen molar-refractivity contribution in [2.75, 3.05) is 5.32 Å². The second kappa shape index (κ2) is 11.3. The number of benzene rings is 4. The lowest BCUT2D eigenvalue weighted by Crippen LogP contribution is -2.34. The van der Waals surface area contributed by atoms with Gasteiger partial charge in [0, 0.05) is 16.3 Å². The van der Waals surface area contributed by atoms with E-state index in [2.05, 4.69) is 10.6 Å². The summed E-state index contributed by atoms with van der Waals surface area (Å²) in [6.07, 6.45) is 0. The molecular formula is C27H21ClN2O3S. The number of anilines is 1. The molecule has 34 heavy (non-hydrogen) atoms. The van der Waals surface area contributed by atoms with E-state index in [1.807, 2.05) is 42.5 Å². The third kappa shape index (κ3) is 6.81. The zero-order chi connectivity index (χ0) is 23.8. The maximum absolute atomic E-state index is 12.5. The molecule has 0 aliphatic heterocycles. The number of hydrogen-bond donors (Lipinski definition) is 2. The number of ether oxygens (including phenoxy) is 2. The topological polar surface area (TPSA) is 59.6 Å². The Labute approximate surface area is 208 Å². The lowest BCUT2D eigenvalue weighted by atomic mass is 10.2. The highest BCUT2D eigenvalue weighted by molar-refractivity contribution is 7.80. The molecule has 0 atom stereocenters. The van der Waals surface area contributed by atoms with Gasteiger partial charge in [0.1, 0.15) is 23.9 Å². The number of halogens is 1. The predicted molar refractivity (Wildman–Crippen MR) is 139 cm³/mol. The summed E-state index contributed by atoms with van der Waals surface area (Å²) in [5.74, 6) is 1.72. The second-order valence-corrected chi connectivity index (χ2v) is 8.13. The van der Waals surface area contributed by atoms with Crippen LogP contribution in [0.15, 0.2) is 103 Å². The van der Waals surface area contributed by atoms with Crippen molar-refractivity contribution < 1.29 is 14.3 Å². The van der Waals surface area contributed by atoms with Crippen LogP contribution in [0.25, 0.3) is 0 Å². The molecule has 1 amide bonds. The average Bonchev–Trinajstić information content (AvgIpc) is 2.86. The van der Waals surface area contributed by atoms with Gasteiger partial charge in [0.15, 0.2) is 5.11 Å². The molecular weight excluding hydrogens is 468 g/mol. The highest BCUT2D eigenvalue weighted by atomic mass is 35.5. The SMILES string of the molecule is O=C(NC(=S)Nc1ccc(Oc2ccc(Cl)cc2)cc1)c1ccc(OCc2ccccc2)cc1. The van der Waals surface area contributed by atoms with Crippen LogP contribution in [-0.4, -0.2) is 11.0 Å². The summed E-state index contributed by atoms with van der Waals surface area (Å²) in [6.45, 7) is 0.462. The second-order valence-electron chi connectivity index (χ2n) is 7.29. The molecule has 0 unspecified atom stereocenters. The first-order valence-electron chi connectivity index (χ1n) is 10.5. The van der Waals surface area contributed by atoms with Crippen molar-refractivity contribution in [1.29, 1.82) is 0 Å². The predicted octanol–water partition coefficient (Wildman–Crippen LogP) is 6.84. The molecule has 0 spiro atoms. The summed E-state index contributed by atoms with van der Waals surface area (Å²) in [7, 11) is 0. The van der Waals surface area contributed by atoms with Crippen molar-refractivity contribution >= 4 is 40.5 Å². The minimum atomic E-state index is -0.310. The third-order valence-electron chi connectivity index (χ3n) is 4.75. The van der Waals surface area contributed by atoms with E-state index in [-0.39, 0.29) is 11.0 Å². The molecule has 0 saturated carbocycles. The number of hydrogen-bond acceptors (Lipinski definition) is 4. The van der Waals surface area contributed by atoms with Gasteiger partial charge in [0.2, 0.25) is 0 Å². The molecule has 4 aromatic rings. The highest BCUT2D eigenvalue weighted by Gasteiger charge is 2.09. The molecule has 0 fully saturated rings. The van der Waals surface area contributed by atoms with Gasteiger partial charge >= 0.3 is 0 Å². The fourth-order valence-electron chi connectivity index (χ4n) is 3.03. The van der Waals surface area contributed by atoms with Gasteiger partial charge in [0.25, 0.3) is 5.91 Å². The third-order valence-corrected chi connectivity index (χ3v) is 5.21. The molecule has 4 rings (SSSR count). The van der Waals surface area contributed by atoms with Gasteiger partial charge in [-0.05, 0) is 90.6 Å². The summed E-state index contributed by atoms with van der Waals surface area (Å²) in [4.78, 5) is 12.5. The summed E-state index contributed by atoms with van der Waals surface area (Å²) >= 11 is 11.2. The Morgan fingerprint density at radius 2 is 1.35 bits per heavy atom. The highest BCUT2D eigenvalue weighted by Crippen LogP contribution is 2.24. The largest absolute Gasteiger partial charge is 0.489 e. The molecule has 2 N–H and O–H groups in total. The van der Waals surface area contributed by atoms with Gasteiger partial charge < -0.3 is 14.8 Å². The summed E-state index contributed by atoms with van der Waals surface area (Å²) in [6, 6.07) is 31.1. The van der Waals surface area contributed by atoms with Crippen LogP contribution in [0.4, 0.5) is 5.69 Å². The van der Waals surface area contributed by atoms with Crippen LogP contribution in [-0.2, 0) is 6.61 Å². The molecule has 4 aromatic carbocycles. The lowest BCUT2D eigenvalue weighted by Gasteiger charge is -2.11. The standard InChI is InChI=1S/C27H21ClN2O3S/c28-21-8-14-24(15-9-21)33-25-16-10-22(11-17-25)29-27(34)30-26(31)20-6-12-23(13-7-20)32-18-19-4-2-1-3-5-19/h1-17H,18H2,(H2,29,30,31,34). The van der Waals surface area contributed by atoms with Crippen molar-refractivity contribution in [2.24, 2.45) is 0 Å². The summed E-state index contributed by atoms with van der Waals surface area (Å²) < 4.78 is 11.5. The van der Waals surface area contributed by atoms with E-state index in [4.69, 9.17) is 33.3 Å². The Kier molecular flexibility index (Phi) is 7.75. The summed E-state index contributed by atoms with van der Waals surface area (Å²) in [5, 5.41) is 6.51. The van der Waals surface area contributed by atoms with Gasteiger partial charge in [-0.2, -0.15) is 0 Å². The lowest BCUT2D eigenvalue weighted by molar-refractivity contribution is 0.0977. The molecule has 7 heteroatoms. The van der Waals surface area contributed by atoms with Crippen LogP contribution in [0.1, 0.15) is 15.9 Å². The zero-order valence-corrected chi connectivity index (χ0v) is 19.6. The molecule has 0 aliphatic rings. The molecule has 170 valence electrons. The van der Waals surface area contributed by atoms with Gasteiger partial charge in [-0.3, -0.25) is 10.1 Å². The number of carbonyl (C=O) groups excluding carboxylic acids is 1. The summed E-state index contributed by atoms with van der Waals surface area (Å²) in [5.41, 5.74) is 2.27. The normalized spacial score (nSPS) is 10.3. The van der Waals surface area contributed by atoms with E-state index in [1.165, 1.54) is 0 Å². The van der Waals surface area contributed by atoms with Crippen molar-refractivity contribution in [2.45, 2.75) is 6.61 Å². The Morgan fingerprint density at radius 3 is 2.00 bits per heavy atom. The molecule has 0 aromatic heterocycles. The van der Waals surface area contributed by atoms with Crippen LogP contribution in [0.2, 0.25) is 5.02 Å². The van der Waals surface area contributed by atoms with Crippen LogP contribution in [0, 0.1) is 0 Å². The van der Waals surface area contributed by atoms with Crippen LogP contribution in [0.5, 0.6) is 17.2 Å². The Morgan fingerprint density at radius 1 is 0.765 bits per heavy atom. The van der Waals surface area contributed by atoms with E-state index in [1.54, 1.807) is 60.7 Å². The van der Waals surface area contributed by atoms with Crippen LogP contribution < -0.4 is 20.1 Å². The molecule has 0 radical (unpaired) electrons. The smallest absolute Gasteiger partial charge is 0.257 e. The molecule has 5 nitrogen and oxygen atoms in total. The van der Waals surface area contributed by atoms with Crippen LogP contribution >= 0.6 is 23.8 Å². The van der Waals surface area contributed by atoms with Gasteiger partial charge in [-0.1, -0.05) is 41.9 Å². The first-order chi connectivity index (χ1) is 16.5. The van der Waals surface area contributed by atoms with Crippen molar-refractivity contribution in [3.05, 3.63) is 119 Å². The number of rotatable bonds is 7. The van der Waals surface area contributed by atoms with E-state index in [9.17, 15) is 4.79 Å². The fraction of sp³-hybridized carbons (Fsp3) is 0.0370. The Balaban J connectivity index is 1.26. The molecule has 0 bridgehead atoms. The zero-order valence-electron chi connectivity index (χ0n) is 18.0. The Bertz CT molecular complexity index is 1250. The van der Waals surface area contributed by atoms with E-state index in [0.29, 0.717) is 34.4 Å². The number of amides is 1. The van der Waals surface area contributed by atoms with E-state index in [0.717, 1.165) is 11.3 Å². The first kappa shape index (κ1) is 23.3. The first-order valence-corrected chi connectivity index (χ1v) is 11.3. The van der Waals surface area contributed by atoms with E-state index >= 15 is 0 Å². The monoisotopic (exact) mass is 488 g/mol. The minimum absolute atomic E-state index is 0.195. The van der Waals surface area contributed by atoms with Crippen molar-refractivity contribution in [1.82, 2.24) is 5.32 Å². The maximum atomic E-state index is 12.5. The van der Waals surface area contributed by atoms with Crippen molar-refractivity contribution in [3.8, 4) is 17.2 Å². The van der Waals surface area contributed by atoms with Crippen molar-refractivity contribution in [3.63, 3.8) is 0 Å². The average molecular weight is 489 g/mol. The number of nitrogens with one attached hydrogen (secondary N) is 2. The minimum Gasteiger partial charge on any atom is -0.489 e. The van der Waals surface area contributed by atoms with Gasteiger partial charge in [-0.15, -0.1) is 0 Å². The maximum Gasteiger partial charge on any atom is 0.257 e. The molecule has 0 heterocycles.